The molecule has 162 valence electrons. The summed E-state index contributed by atoms with van der Waals surface area (Å²) in [4.78, 5) is 34.7. The molecule has 32 heavy (non-hydrogen) atoms. The first kappa shape index (κ1) is 21.5. The highest BCUT2D eigenvalue weighted by atomic mass is 32.2. The van der Waals surface area contributed by atoms with Crippen LogP contribution in [0.1, 0.15) is 5.69 Å². The summed E-state index contributed by atoms with van der Waals surface area (Å²) in [6, 6.07) is 7.53. The van der Waals surface area contributed by atoms with Crippen LogP contribution in [0, 0.1) is 0 Å². The summed E-state index contributed by atoms with van der Waals surface area (Å²) in [5, 5.41) is 10.8. The van der Waals surface area contributed by atoms with Gasteiger partial charge in [-0.2, -0.15) is 4.98 Å². The van der Waals surface area contributed by atoms with Crippen molar-refractivity contribution in [1.82, 2.24) is 35.1 Å². The summed E-state index contributed by atoms with van der Waals surface area (Å²) in [6.45, 7) is 0. The Bertz CT molecular complexity index is 1200. The van der Waals surface area contributed by atoms with E-state index in [1.165, 1.54) is 42.1 Å². The van der Waals surface area contributed by atoms with Crippen molar-refractivity contribution in [2.24, 2.45) is 0 Å². The lowest BCUT2D eigenvalue weighted by atomic mass is 10.3. The smallest absolute Gasteiger partial charge is 0.231 e. The van der Waals surface area contributed by atoms with Gasteiger partial charge in [-0.05, 0) is 36.0 Å². The maximum absolute atomic E-state index is 12.6. The van der Waals surface area contributed by atoms with Crippen molar-refractivity contribution >= 4 is 41.2 Å². The minimum Gasteiger partial charge on any atom is -0.497 e. The lowest BCUT2D eigenvalue weighted by Crippen LogP contribution is -2.17. The van der Waals surface area contributed by atoms with E-state index in [9.17, 15) is 4.79 Å². The fourth-order valence-corrected chi connectivity index (χ4v) is 4.02. The monoisotopic (exact) mass is 467 g/mol. The first-order valence-corrected chi connectivity index (χ1v) is 10.8. The zero-order chi connectivity index (χ0) is 22.3. The summed E-state index contributed by atoms with van der Waals surface area (Å²) in [6.07, 6.45) is 6.09. The number of H-pyrrole nitrogens is 1. The SMILES string of the molecule is COc1ccc(Sc2ncc(Sc3n[nH]c(N)n3)nc2CC(=O)Nc2cnccn2)cc1. The van der Waals surface area contributed by atoms with Crippen molar-refractivity contribution in [2.45, 2.75) is 26.5 Å². The summed E-state index contributed by atoms with van der Waals surface area (Å²) in [5.74, 6) is 1.02. The number of aromatic amines is 1. The molecular formula is C19H17N9O2S2. The van der Waals surface area contributed by atoms with Gasteiger partial charge in [0.05, 0.1) is 31.6 Å². The first-order chi connectivity index (χ1) is 15.6. The Morgan fingerprint density at radius 1 is 1.12 bits per heavy atom. The number of rotatable bonds is 8. The lowest BCUT2D eigenvalue weighted by molar-refractivity contribution is -0.115. The Kier molecular flexibility index (Phi) is 6.77. The van der Waals surface area contributed by atoms with Crippen LogP contribution < -0.4 is 15.8 Å². The van der Waals surface area contributed by atoms with Gasteiger partial charge < -0.3 is 15.8 Å². The number of methoxy groups -OCH3 is 1. The van der Waals surface area contributed by atoms with Crippen LogP contribution in [-0.4, -0.2) is 48.1 Å². The van der Waals surface area contributed by atoms with Crippen molar-refractivity contribution in [2.75, 3.05) is 18.2 Å². The van der Waals surface area contributed by atoms with E-state index in [-0.39, 0.29) is 18.3 Å². The van der Waals surface area contributed by atoms with E-state index in [1.807, 2.05) is 24.3 Å². The van der Waals surface area contributed by atoms with Crippen LogP contribution in [0.5, 0.6) is 5.75 Å². The molecule has 3 heterocycles. The number of anilines is 2. The van der Waals surface area contributed by atoms with E-state index in [2.05, 4.69) is 40.4 Å². The molecule has 0 aliphatic heterocycles. The number of carbonyl (C=O) groups is 1. The molecule has 0 aliphatic rings. The Hall–Kier alpha value is -3.71. The summed E-state index contributed by atoms with van der Waals surface area (Å²) in [7, 11) is 1.61. The molecule has 0 fully saturated rings. The van der Waals surface area contributed by atoms with Gasteiger partial charge in [-0.1, -0.05) is 11.8 Å². The van der Waals surface area contributed by atoms with Gasteiger partial charge in [0.1, 0.15) is 15.8 Å². The minimum absolute atomic E-state index is 0.00735. The first-order valence-electron chi connectivity index (χ1n) is 9.18. The zero-order valence-corrected chi connectivity index (χ0v) is 18.4. The summed E-state index contributed by atoms with van der Waals surface area (Å²) >= 11 is 2.58. The van der Waals surface area contributed by atoms with Crippen molar-refractivity contribution < 1.29 is 9.53 Å². The van der Waals surface area contributed by atoms with Gasteiger partial charge >= 0.3 is 0 Å². The fraction of sp³-hybridized carbons (Fsp3) is 0.105. The molecule has 4 N–H and O–H groups in total. The standard InChI is InChI=1S/C19H17N9O2S2/c1-30-11-2-4-12(5-3-11)31-17-13(8-15(29)25-14-9-21-6-7-22-14)24-16(10-23-17)32-19-26-18(20)27-28-19/h2-7,9-10H,8H2,1H3,(H,22,25,29)(H3,20,26,27,28). The van der Waals surface area contributed by atoms with Gasteiger partial charge in [0, 0.05) is 17.3 Å². The second kappa shape index (κ2) is 10.1. The number of ether oxygens (including phenoxy) is 1. The molecule has 0 spiro atoms. The second-order valence-electron chi connectivity index (χ2n) is 6.16. The minimum atomic E-state index is -0.291. The molecule has 0 atom stereocenters. The predicted molar refractivity (Wildman–Crippen MR) is 118 cm³/mol. The van der Waals surface area contributed by atoms with Gasteiger partial charge in [-0.3, -0.25) is 9.78 Å². The number of nitrogens with one attached hydrogen (secondary N) is 2. The topological polar surface area (TPSA) is 157 Å². The maximum atomic E-state index is 12.6. The zero-order valence-electron chi connectivity index (χ0n) is 16.7. The number of hydrogen-bond acceptors (Lipinski definition) is 11. The predicted octanol–water partition coefficient (Wildman–Crippen LogP) is 2.46. The van der Waals surface area contributed by atoms with Crippen LogP contribution in [0.4, 0.5) is 11.8 Å². The number of amides is 1. The van der Waals surface area contributed by atoms with E-state index >= 15 is 0 Å². The van der Waals surface area contributed by atoms with Crippen LogP contribution in [0.25, 0.3) is 0 Å². The largest absolute Gasteiger partial charge is 0.497 e. The highest BCUT2D eigenvalue weighted by Crippen LogP contribution is 2.32. The van der Waals surface area contributed by atoms with E-state index < -0.39 is 0 Å². The highest BCUT2D eigenvalue weighted by molar-refractivity contribution is 7.99. The molecule has 0 aliphatic carbocycles. The van der Waals surface area contributed by atoms with E-state index in [1.54, 1.807) is 13.3 Å². The lowest BCUT2D eigenvalue weighted by Gasteiger charge is -2.10. The van der Waals surface area contributed by atoms with Crippen LogP contribution in [0.2, 0.25) is 0 Å². The molecule has 0 bridgehead atoms. The Labute approximate surface area is 191 Å². The molecule has 11 nitrogen and oxygen atoms in total. The molecule has 4 aromatic rings. The molecule has 0 saturated carbocycles. The molecule has 1 aromatic carbocycles. The van der Waals surface area contributed by atoms with Crippen LogP contribution in [0.3, 0.4) is 0 Å². The third-order valence-corrected chi connectivity index (χ3v) is 5.71. The van der Waals surface area contributed by atoms with Crippen molar-refractivity contribution in [3.8, 4) is 5.75 Å². The molecule has 0 saturated heterocycles. The van der Waals surface area contributed by atoms with Crippen molar-refractivity contribution in [3.63, 3.8) is 0 Å². The Morgan fingerprint density at radius 2 is 1.97 bits per heavy atom. The van der Waals surface area contributed by atoms with Crippen LogP contribution >= 0.6 is 23.5 Å². The number of carbonyl (C=O) groups excluding carboxylic acids is 1. The number of aromatic nitrogens is 7. The van der Waals surface area contributed by atoms with Crippen LogP contribution in [0.15, 0.2) is 69.2 Å². The van der Waals surface area contributed by atoms with E-state index in [0.717, 1.165) is 10.6 Å². The van der Waals surface area contributed by atoms with Gasteiger partial charge in [0.2, 0.25) is 17.0 Å². The summed E-state index contributed by atoms with van der Waals surface area (Å²) < 4.78 is 5.20. The number of nitrogens with two attached hydrogens (primary N) is 1. The molecule has 1 amide bonds. The Balaban J connectivity index is 1.57. The third kappa shape index (κ3) is 5.70. The molecule has 0 radical (unpaired) electrons. The van der Waals surface area contributed by atoms with Gasteiger partial charge in [-0.25, -0.2) is 20.1 Å². The number of hydrogen-bond donors (Lipinski definition) is 3. The maximum Gasteiger partial charge on any atom is 0.231 e. The number of nitrogen functional groups attached to an aromatic ring is 1. The van der Waals surface area contributed by atoms with E-state index in [4.69, 9.17) is 10.5 Å². The average molecular weight is 468 g/mol. The van der Waals surface area contributed by atoms with Crippen molar-refractivity contribution in [1.29, 1.82) is 0 Å². The average Bonchev–Trinajstić information content (AvgIpc) is 3.21. The number of nitrogens with zero attached hydrogens (tertiary/aromatic N) is 6. The number of benzene rings is 1. The van der Waals surface area contributed by atoms with Crippen molar-refractivity contribution in [3.05, 3.63) is 54.7 Å². The van der Waals surface area contributed by atoms with Crippen LogP contribution in [-0.2, 0) is 11.2 Å². The molecule has 4 rings (SSSR count). The van der Waals surface area contributed by atoms with E-state index in [0.29, 0.717) is 26.7 Å². The summed E-state index contributed by atoms with van der Waals surface area (Å²) in [5.41, 5.74) is 6.08. The Morgan fingerprint density at radius 3 is 2.66 bits per heavy atom. The second-order valence-corrected chi connectivity index (χ2v) is 8.21. The fourth-order valence-electron chi connectivity index (χ4n) is 2.50. The molecular weight excluding hydrogens is 450 g/mol. The highest BCUT2D eigenvalue weighted by Gasteiger charge is 2.16. The van der Waals surface area contributed by atoms with Gasteiger partial charge in [-0.15, -0.1) is 5.10 Å². The third-order valence-electron chi connectivity index (χ3n) is 3.89. The molecule has 0 unspecified atom stereocenters. The normalized spacial score (nSPS) is 10.7. The molecule has 13 heteroatoms. The van der Waals surface area contributed by atoms with Gasteiger partial charge in [0.25, 0.3) is 0 Å². The quantitative estimate of drug-likeness (QED) is 0.349. The van der Waals surface area contributed by atoms with Gasteiger partial charge in [0.15, 0.2) is 5.82 Å². The molecule has 3 aromatic heterocycles.